The van der Waals surface area contributed by atoms with Gasteiger partial charge in [0.25, 0.3) is 11.5 Å². The fraction of sp³-hybridized carbons (Fsp3) is 0.444. The molecule has 0 spiro atoms. The molecule has 2 unspecified atom stereocenters. The monoisotopic (exact) mass is 523 g/mol. The lowest BCUT2D eigenvalue weighted by atomic mass is 9.83. The van der Waals surface area contributed by atoms with Gasteiger partial charge < -0.3 is 14.8 Å². The van der Waals surface area contributed by atoms with Crippen LogP contribution in [0.3, 0.4) is 0 Å². The third-order valence-electron chi connectivity index (χ3n) is 7.39. The Balaban J connectivity index is 1.41. The second-order valence-corrected chi connectivity index (χ2v) is 10.8. The van der Waals surface area contributed by atoms with E-state index >= 15 is 0 Å². The molecule has 2 atom stereocenters. The molecule has 2 bridgehead atoms. The first kappa shape index (κ1) is 23.1. The molecule has 2 aromatic rings. The topological polar surface area (TPSA) is 71.4 Å². The van der Waals surface area contributed by atoms with Crippen LogP contribution < -0.4 is 10.9 Å². The summed E-state index contributed by atoms with van der Waals surface area (Å²) in [6, 6.07) is 13.1. The lowest BCUT2D eigenvalue weighted by Gasteiger charge is -2.43. The maximum absolute atomic E-state index is 13.8. The van der Waals surface area contributed by atoms with E-state index in [1.165, 1.54) is 6.42 Å². The molecule has 1 saturated carbocycles. The molecule has 34 heavy (non-hydrogen) atoms. The molecule has 1 aromatic carbocycles. The van der Waals surface area contributed by atoms with Crippen molar-refractivity contribution in [2.24, 2.45) is 11.8 Å². The van der Waals surface area contributed by atoms with Crippen molar-refractivity contribution in [3.05, 3.63) is 74.2 Å². The van der Waals surface area contributed by atoms with Gasteiger partial charge in [-0.05, 0) is 55.0 Å². The first-order valence-electron chi connectivity index (χ1n) is 12.2. The van der Waals surface area contributed by atoms with Crippen LogP contribution >= 0.6 is 15.9 Å². The zero-order valence-electron chi connectivity index (χ0n) is 19.2. The van der Waals surface area contributed by atoms with Gasteiger partial charge >= 0.3 is 0 Å². The van der Waals surface area contributed by atoms with E-state index in [1.807, 2.05) is 39.8 Å². The zero-order chi connectivity index (χ0) is 23.7. The molecule has 3 heterocycles. The lowest BCUT2D eigenvalue weighted by Crippen LogP contribution is -2.51. The summed E-state index contributed by atoms with van der Waals surface area (Å²) in [5, 5.41) is 3.01. The smallest absolute Gasteiger partial charge is 0.270 e. The van der Waals surface area contributed by atoms with Crippen LogP contribution in [0.25, 0.3) is 6.08 Å². The molecule has 5 rings (SSSR count). The SMILES string of the molecule is O=C(NC(=Cc1cccc(Br)c1)C(=O)N1CC2CC(C1)c1cccc(=O)n1C2)C1CCCCC1. The first-order chi connectivity index (χ1) is 16.5. The number of hydrogen-bond acceptors (Lipinski definition) is 3. The summed E-state index contributed by atoms with van der Waals surface area (Å²) in [4.78, 5) is 41.1. The summed E-state index contributed by atoms with van der Waals surface area (Å²) >= 11 is 3.49. The number of nitrogens with one attached hydrogen (secondary N) is 1. The zero-order valence-corrected chi connectivity index (χ0v) is 20.8. The minimum Gasteiger partial charge on any atom is -0.336 e. The number of pyridine rings is 1. The van der Waals surface area contributed by atoms with E-state index in [2.05, 4.69) is 21.2 Å². The average molecular weight is 524 g/mol. The molecule has 2 aliphatic heterocycles. The van der Waals surface area contributed by atoms with Gasteiger partial charge in [-0.15, -0.1) is 0 Å². The Hall–Kier alpha value is -2.67. The highest BCUT2D eigenvalue weighted by molar-refractivity contribution is 9.10. The van der Waals surface area contributed by atoms with Crippen molar-refractivity contribution in [1.29, 1.82) is 0 Å². The molecule has 6 nitrogen and oxygen atoms in total. The number of halogens is 1. The lowest BCUT2D eigenvalue weighted by molar-refractivity contribution is -0.133. The molecule has 1 N–H and O–H groups in total. The van der Waals surface area contributed by atoms with Crippen LogP contribution in [0.15, 0.2) is 57.4 Å². The predicted molar refractivity (Wildman–Crippen MR) is 135 cm³/mol. The Kier molecular flexibility index (Phi) is 6.73. The van der Waals surface area contributed by atoms with Gasteiger partial charge in [0.05, 0.1) is 0 Å². The van der Waals surface area contributed by atoms with Gasteiger partial charge in [0.15, 0.2) is 0 Å². The Morgan fingerprint density at radius 2 is 1.79 bits per heavy atom. The van der Waals surface area contributed by atoms with E-state index in [0.717, 1.165) is 47.8 Å². The van der Waals surface area contributed by atoms with Crippen LogP contribution in [-0.2, 0) is 16.1 Å². The molecule has 1 aromatic heterocycles. The van der Waals surface area contributed by atoms with Gasteiger partial charge in [0.2, 0.25) is 5.91 Å². The van der Waals surface area contributed by atoms with Crippen molar-refractivity contribution in [1.82, 2.24) is 14.8 Å². The minimum atomic E-state index is -0.148. The molecule has 0 radical (unpaired) electrons. The van der Waals surface area contributed by atoms with E-state index in [-0.39, 0.29) is 35.1 Å². The standard InChI is InChI=1S/C27H30BrN3O3/c28-22-9-4-6-18(13-22)14-23(29-26(33)20-7-2-1-3-8-20)27(34)30-15-19-12-21(17-30)24-10-5-11-25(32)31(24)16-19/h4-6,9-11,13-14,19-21H,1-3,7-8,12,15-17H2,(H,29,33). The third kappa shape index (κ3) is 4.90. The first-order valence-corrected chi connectivity index (χ1v) is 13.0. The molecule has 3 aliphatic rings. The highest BCUT2D eigenvalue weighted by Crippen LogP contribution is 2.35. The van der Waals surface area contributed by atoms with Gasteiger partial charge in [-0.3, -0.25) is 14.4 Å². The fourth-order valence-electron chi connectivity index (χ4n) is 5.75. The van der Waals surface area contributed by atoms with Crippen molar-refractivity contribution >= 4 is 33.8 Å². The summed E-state index contributed by atoms with van der Waals surface area (Å²) in [5.74, 6) is 0.129. The van der Waals surface area contributed by atoms with Crippen molar-refractivity contribution in [3.63, 3.8) is 0 Å². The highest BCUT2D eigenvalue weighted by atomic mass is 79.9. The predicted octanol–water partition coefficient (Wildman–Crippen LogP) is 4.29. The number of amides is 2. The fourth-order valence-corrected chi connectivity index (χ4v) is 6.16. The quantitative estimate of drug-likeness (QED) is 0.607. The number of fused-ring (bicyclic) bond motifs is 4. The van der Waals surface area contributed by atoms with Gasteiger partial charge in [-0.2, -0.15) is 0 Å². The minimum absolute atomic E-state index is 0.0296. The van der Waals surface area contributed by atoms with E-state index < -0.39 is 0 Å². The van der Waals surface area contributed by atoms with Crippen LogP contribution in [0.2, 0.25) is 0 Å². The molecule has 1 aliphatic carbocycles. The number of carbonyl (C=O) groups is 2. The van der Waals surface area contributed by atoms with Crippen molar-refractivity contribution in [2.75, 3.05) is 13.1 Å². The van der Waals surface area contributed by atoms with Crippen molar-refractivity contribution in [2.45, 2.75) is 51.0 Å². The largest absolute Gasteiger partial charge is 0.336 e. The van der Waals surface area contributed by atoms with E-state index in [0.29, 0.717) is 25.3 Å². The van der Waals surface area contributed by atoms with Crippen molar-refractivity contribution < 1.29 is 9.59 Å². The molecule has 2 fully saturated rings. The van der Waals surface area contributed by atoms with Crippen LogP contribution in [0.1, 0.15) is 55.7 Å². The number of hydrogen-bond donors (Lipinski definition) is 1. The van der Waals surface area contributed by atoms with Crippen LogP contribution in [0.4, 0.5) is 0 Å². The molecular weight excluding hydrogens is 494 g/mol. The van der Waals surface area contributed by atoms with E-state index in [9.17, 15) is 14.4 Å². The molecule has 2 amide bonds. The molecular formula is C27H30BrN3O3. The molecule has 1 saturated heterocycles. The van der Waals surface area contributed by atoms with Crippen LogP contribution in [0, 0.1) is 11.8 Å². The second-order valence-electron chi connectivity index (χ2n) is 9.85. The number of nitrogens with zero attached hydrogens (tertiary/aromatic N) is 2. The Morgan fingerprint density at radius 1 is 1.00 bits per heavy atom. The highest BCUT2D eigenvalue weighted by Gasteiger charge is 2.37. The van der Waals surface area contributed by atoms with Crippen LogP contribution in [0.5, 0.6) is 0 Å². The molecule has 178 valence electrons. The third-order valence-corrected chi connectivity index (χ3v) is 7.88. The number of aromatic nitrogens is 1. The second kappa shape index (κ2) is 9.90. The van der Waals surface area contributed by atoms with Crippen molar-refractivity contribution in [3.8, 4) is 0 Å². The molecule has 7 heteroatoms. The maximum atomic E-state index is 13.8. The number of likely N-dealkylation sites (tertiary alicyclic amines) is 1. The number of piperidine rings is 1. The summed E-state index contributed by atoms with van der Waals surface area (Å²) in [6.07, 6.45) is 7.82. The average Bonchev–Trinajstić information content (AvgIpc) is 2.84. The van der Waals surface area contributed by atoms with Gasteiger partial charge in [0.1, 0.15) is 5.70 Å². The van der Waals surface area contributed by atoms with E-state index in [1.54, 1.807) is 18.2 Å². The van der Waals surface area contributed by atoms with Gasteiger partial charge in [-0.1, -0.05) is 53.4 Å². The summed E-state index contributed by atoms with van der Waals surface area (Å²) in [7, 11) is 0. The number of carbonyl (C=O) groups excluding carboxylic acids is 2. The maximum Gasteiger partial charge on any atom is 0.270 e. The Morgan fingerprint density at radius 3 is 2.59 bits per heavy atom. The Bertz CT molecular complexity index is 1180. The normalized spacial score (nSPS) is 22.7. The summed E-state index contributed by atoms with van der Waals surface area (Å²) in [6.45, 7) is 1.77. The number of rotatable bonds is 4. The van der Waals surface area contributed by atoms with Crippen LogP contribution in [-0.4, -0.2) is 34.4 Å². The summed E-state index contributed by atoms with van der Waals surface area (Å²) in [5.41, 5.74) is 2.22. The summed E-state index contributed by atoms with van der Waals surface area (Å²) < 4.78 is 2.78. The van der Waals surface area contributed by atoms with Gasteiger partial charge in [-0.25, -0.2) is 0 Å². The number of benzene rings is 1. The Labute approximate surface area is 208 Å². The van der Waals surface area contributed by atoms with E-state index in [4.69, 9.17) is 0 Å². The van der Waals surface area contributed by atoms with Gasteiger partial charge in [0, 0.05) is 47.7 Å².